The molecule has 138 valence electrons. The molecule has 7 heteroatoms. The summed E-state index contributed by atoms with van der Waals surface area (Å²) < 4.78 is 5.41. The smallest absolute Gasteiger partial charge is 0.240 e. The van der Waals surface area contributed by atoms with Crippen LogP contribution in [0, 0.1) is 0 Å². The molecule has 2 rings (SSSR count). The van der Waals surface area contributed by atoms with E-state index in [9.17, 15) is 9.59 Å². The summed E-state index contributed by atoms with van der Waals surface area (Å²) in [5, 5.41) is 2.86. The van der Waals surface area contributed by atoms with Crippen molar-refractivity contribution in [3.05, 3.63) is 24.3 Å². The number of ether oxygens (including phenoxy) is 1. The SMILES string of the molecule is CC(=O)N(CC(=O)NCCN(C)C)c1ccccc1N1CCOCC1. The van der Waals surface area contributed by atoms with Gasteiger partial charge in [0, 0.05) is 33.1 Å². The standard InChI is InChI=1S/C18H28N4O3/c1-15(23)22(14-18(24)19-8-9-20(2)3)17-7-5-4-6-16(17)21-10-12-25-13-11-21/h4-7H,8-14H2,1-3H3,(H,19,24). The molecule has 0 atom stereocenters. The van der Waals surface area contributed by atoms with Crippen molar-refractivity contribution in [2.24, 2.45) is 0 Å². The molecule has 7 nitrogen and oxygen atoms in total. The molecule has 0 spiro atoms. The van der Waals surface area contributed by atoms with Crippen LogP contribution >= 0.6 is 0 Å². The zero-order valence-electron chi connectivity index (χ0n) is 15.3. The molecule has 0 aliphatic carbocycles. The van der Waals surface area contributed by atoms with E-state index in [1.165, 1.54) is 11.8 Å². The maximum atomic E-state index is 12.2. The monoisotopic (exact) mass is 348 g/mol. The van der Waals surface area contributed by atoms with Crippen LogP contribution in [0.25, 0.3) is 0 Å². The molecule has 2 amide bonds. The van der Waals surface area contributed by atoms with Crippen LogP contribution in [0.1, 0.15) is 6.92 Å². The van der Waals surface area contributed by atoms with E-state index in [0.29, 0.717) is 19.8 Å². The number of nitrogens with zero attached hydrogens (tertiary/aromatic N) is 3. The molecule has 1 saturated heterocycles. The van der Waals surface area contributed by atoms with Gasteiger partial charge in [-0.3, -0.25) is 9.59 Å². The van der Waals surface area contributed by atoms with Gasteiger partial charge >= 0.3 is 0 Å². The Kier molecular flexibility index (Phi) is 7.21. The van der Waals surface area contributed by atoms with Gasteiger partial charge < -0.3 is 24.8 Å². The van der Waals surface area contributed by atoms with Gasteiger partial charge in [-0.2, -0.15) is 0 Å². The van der Waals surface area contributed by atoms with Crippen molar-refractivity contribution in [3.8, 4) is 0 Å². The lowest BCUT2D eigenvalue weighted by molar-refractivity contribution is -0.123. The molecule has 1 aliphatic rings. The summed E-state index contributed by atoms with van der Waals surface area (Å²) in [4.78, 5) is 30.2. The molecule has 0 saturated carbocycles. The fourth-order valence-electron chi connectivity index (χ4n) is 2.75. The highest BCUT2D eigenvalue weighted by Crippen LogP contribution is 2.30. The zero-order chi connectivity index (χ0) is 18.2. The summed E-state index contributed by atoms with van der Waals surface area (Å²) in [6.07, 6.45) is 0. The summed E-state index contributed by atoms with van der Waals surface area (Å²) in [6.45, 7) is 5.71. The predicted molar refractivity (Wildman–Crippen MR) is 99.1 cm³/mol. The molecule has 1 N–H and O–H groups in total. The number of morpholine rings is 1. The van der Waals surface area contributed by atoms with Crippen molar-refractivity contribution in [2.75, 3.05) is 69.8 Å². The average Bonchev–Trinajstić information content (AvgIpc) is 2.60. The third kappa shape index (κ3) is 5.72. The van der Waals surface area contributed by atoms with Gasteiger partial charge in [-0.15, -0.1) is 0 Å². The Morgan fingerprint density at radius 2 is 1.88 bits per heavy atom. The molecule has 1 aromatic rings. The van der Waals surface area contributed by atoms with E-state index in [2.05, 4.69) is 10.2 Å². The molecular weight excluding hydrogens is 320 g/mol. The van der Waals surface area contributed by atoms with Crippen LogP contribution in [0.2, 0.25) is 0 Å². The van der Waals surface area contributed by atoms with Crippen LogP contribution in [0.4, 0.5) is 11.4 Å². The largest absolute Gasteiger partial charge is 0.378 e. The van der Waals surface area contributed by atoms with Gasteiger partial charge in [0.15, 0.2) is 0 Å². The molecule has 1 aliphatic heterocycles. The second-order valence-electron chi connectivity index (χ2n) is 6.35. The lowest BCUT2D eigenvalue weighted by atomic mass is 10.2. The van der Waals surface area contributed by atoms with Crippen LogP contribution in [0.15, 0.2) is 24.3 Å². The quantitative estimate of drug-likeness (QED) is 0.780. The van der Waals surface area contributed by atoms with Crippen LogP contribution in [0.5, 0.6) is 0 Å². The lowest BCUT2D eigenvalue weighted by Crippen LogP contribution is -2.43. The van der Waals surface area contributed by atoms with Crippen molar-refractivity contribution >= 4 is 23.2 Å². The minimum Gasteiger partial charge on any atom is -0.378 e. The van der Waals surface area contributed by atoms with Gasteiger partial charge in [0.2, 0.25) is 11.8 Å². The minimum absolute atomic E-state index is 0.0180. The Balaban J connectivity index is 2.11. The van der Waals surface area contributed by atoms with Gasteiger partial charge in [0.25, 0.3) is 0 Å². The van der Waals surface area contributed by atoms with E-state index in [0.717, 1.165) is 31.0 Å². The fourth-order valence-corrected chi connectivity index (χ4v) is 2.75. The first-order valence-electron chi connectivity index (χ1n) is 8.60. The third-order valence-corrected chi connectivity index (χ3v) is 4.09. The van der Waals surface area contributed by atoms with Crippen molar-refractivity contribution in [2.45, 2.75) is 6.92 Å². The predicted octanol–water partition coefficient (Wildman–Crippen LogP) is 0.554. The Morgan fingerprint density at radius 1 is 1.20 bits per heavy atom. The van der Waals surface area contributed by atoms with Crippen molar-refractivity contribution in [1.29, 1.82) is 0 Å². The molecule has 0 radical (unpaired) electrons. The highest BCUT2D eigenvalue weighted by molar-refractivity contribution is 6.00. The van der Waals surface area contributed by atoms with E-state index in [1.807, 2.05) is 43.3 Å². The van der Waals surface area contributed by atoms with Gasteiger partial charge in [0.1, 0.15) is 6.54 Å². The van der Waals surface area contributed by atoms with E-state index >= 15 is 0 Å². The first-order chi connectivity index (χ1) is 12.0. The number of para-hydroxylation sites is 2. The lowest BCUT2D eigenvalue weighted by Gasteiger charge is -2.33. The normalized spacial score (nSPS) is 14.5. The summed E-state index contributed by atoms with van der Waals surface area (Å²) in [5.41, 5.74) is 1.72. The van der Waals surface area contributed by atoms with Gasteiger partial charge in [-0.1, -0.05) is 12.1 Å². The highest BCUT2D eigenvalue weighted by atomic mass is 16.5. The number of amides is 2. The van der Waals surface area contributed by atoms with E-state index in [4.69, 9.17) is 4.74 Å². The first-order valence-corrected chi connectivity index (χ1v) is 8.60. The minimum atomic E-state index is -0.158. The van der Waals surface area contributed by atoms with Crippen LogP contribution in [-0.2, 0) is 14.3 Å². The summed E-state index contributed by atoms with van der Waals surface area (Å²) in [6, 6.07) is 7.71. The van der Waals surface area contributed by atoms with Crippen LogP contribution in [-0.4, -0.2) is 76.7 Å². The van der Waals surface area contributed by atoms with E-state index in [-0.39, 0.29) is 18.4 Å². The molecule has 0 aromatic heterocycles. The van der Waals surface area contributed by atoms with Crippen LogP contribution < -0.4 is 15.1 Å². The fraction of sp³-hybridized carbons (Fsp3) is 0.556. The number of carbonyl (C=O) groups is 2. The molecule has 0 bridgehead atoms. The highest BCUT2D eigenvalue weighted by Gasteiger charge is 2.22. The molecular formula is C18H28N4O3. The molecule has 1 fully saturated rings. The van der Waals surface area contributed by atoms with Crippen molar-refractivity contribution in [3.63, 3.8) is 0 Å². The van der Waals surface area contributed by atoms with Crippen LogP contribution in [0.3, 0.4) is 0 Å². The van der Waals surface area contributed by atoms with Crippen molar-refractivity contribution < 1.29 is 14.3 Å². The summed E-state index contributed by atoms with van der Waals surface area (Å²) in [5.74, 6) is -0.308. The second-order valence-corrected chi connectivity index (χ2v) is 6.35. The molecule has 0 unspecified atom stereocenters. The number of anilines is 2. The molecule has 1 aromatic carbocycles. The number of hydrogen-bond acceptors (Lipinski definition) is 5. The Morgan fingerprint density at radius 3 is 2.52 bits per heavy atom. The zero-order valence-corrected chi connectivity index (χ0v) is 15.3. The Bertz CT molecular complexity index is 585. The maximum Gasteiger partial charge on any atom is 0.240 e. The number of likely N-dealkylation sites (N-methyl/N-ethyl adjacent to an activating group) is 1. The average molecular weight is 348 g/mol. The number of hydrogen-bond donors (Lipinski definition) is 1. The van der Waals surface area contributed by atoms with Gasteiger partial charge in [-0.05, 0) is 26.2 Å². The van der Waals surface area contributed by atoms with E-state index in [1.54, 1.807) is 0 Å². The topological polar surface area (TPSA) is 65.1 Å². The third-order valence-electron chi connectivity index (χ3n) is 4.09. The summed E-state index contributed by atoms with van der Waals surface area (Å²) >= 11 is 0. The van der Waals surface area contributed by atoms with Crippen molar-refractivity contribution in [1.82, 2.24) is 10.2 Å². The maximum absolute atomic E-state index is 12.2. The van der Waals surface area contributed by atoms with Gasteiger partial charge in [0.05, 0.1) is 24.6 Å². The second kappa shape index (κ2) is 9.39. The number of carbonyl (C=O) groups excluding carboxylic acids is 2. The Hall–Kier alpha value is -2.12. The molecule has 25 heavy (non-hydrogen) atoms. The van der Waals surface area contributed by atoms with Gasteiger partial charge in [-0.25, -0.2) is 0 Å². The van der Waals surface area contributed by atoms with E-state index < -0.39 is 0 Å². The first kappa shape index (κ1) is 19.2. The number of benzene rings is 1. The summed E-state index contributed by atoms with van der Waals surface area (Å²) in [7, 11) is 3.90. The number of nitrogens with one attached hydrogen (secondary N) is 1. The number of rotatable bonds is 7. The Labute approximate surface area is 149 Å². The molecule has 1 heterocycles.